The largest absolute Gasteiger partial charge is 0.444 e. The number of benzene rings is 1. The number of amides is 2. The van der Waals surface area contributed by atoms with Crippen LogP contribution in [0.5, 0.6) is 0 Å². The highest BCUT2D eigenvalue weighted by molar-refractivity contribution is 6.00. The van der Waals surface area contributed by atoms with Gasteiger partial charge in [-0.05, 0) is 84.6 Å². The van der Waals surface area contributed by atoms with Gasteiger partial charge in [-0.15, -0.1) is 0 Å². The molecule has 0 saturated carbocycles. The van der Waals surface area contributed by atoms with E-state index >= 15 is 0 Å². The average Bonchev–Trinajstić information content (AvgIpc) is 3.05. The number of carbonyl (C=O) groups is 2. The van der Waals surface area contributed by atoms with Gasteiger partial charge in [0.2, 0.25) is 0 Å². The monoisotopic (exact) mass is 534 g/mol. The number of likely N-dealkylation sites (tertiary alicyclic amines) is 1. The molecule has 2 aromatic heterocycles. The quantitative estimate of drug-likeness (QED) is 0.371. The molecule has 0 aliphatic carbocycles. The number of fused-ring (bicyclic) bond motifs is 1. The molecule has 0 N–H and O–H groups in total. The summed E-state index contributed by atoms with van der Waals surface area (Å²) in [6, 6.07) is 4.31. The highest BCUT2D eigenvalue weighted by Gasteiger charge is 2.25. The Balaban J connectivity index is 1.74. The number of nitrogens with zero attached hydrogens (tertiary/aromatic N) is 4. The highest BCUT2D eigenvalue weighted by Crippen LogP contribution is 2.32. The lowest BCUT2D eigenvalue weighted by Gasteiger charge is -2.26. The molecule has 3 aromatic rings. The number of ether oxygens (including phenoxy) is 1. The number of hydrogen-bond acceptors (Lipinski definition) is 4. The molecule has 0 atom stereocenters. The van der Waals surface area contributed by atoms with Crippen molar-refractivity contribution in [2.45, 2.75) is 72.4 Å². The fraction of sp³-hybridized carbons (Fsp3) is 0.452. The van der Waals surface area contributed by atoms with Crippen molar-refractivity contribution in [3.05, 3.63) is 64.9 Å². The lowest BCUT2D eigenvalue weighted by Crippen LogP contribution is -2.37. The third-order valence-corrected chi connectivity index (χ3v) is 7.12. The van der Waals surface area contributed by atoms with E-state index in [1.54, 1.807) is 29.1 Å². The van der Waals surface area contributed by atoms with Gasteiger partial charge in [0.1, 0.15) is 11.4 Å². The molecule has 1 fully saturated rings. The van der Waals surface area contributed by atoms with Crippen molar-refractivity contribution in [1.29, 1.82) is 0 Å². The van der Waals surface area contributed by atoms with E-state index in [0.717, 1.165) is 41.3 Å². The Bertz CT molecular complexity index is 1420. The van der Waals surface area contributed by atoms with Gasteiger partial charge >= 0.3 is 6.09 Å². The second-order valence-corrected chi connectivity index (χ2v) is 11.6. The summed E-state index contributed by atoms with van der Waals surface area (Å²) in [5.41, 5.74) is 4.48. The van der Waals surface area contributed by atoms with E-state index in [2.05, 4.69) is 11.1 Å². The molecule has 0 radical (unpaired) electrons. The smallest absolute Gasteiger partial charge is 0.410 e. The number of aryl methyl sites for hydroxylation is 1. The SMILES string of the molecule is Cc1cncc2c1c(/C=C1\CCCN(C(=O)OC(C)(C)C)CC1)cn2-c1ccc(F)cc1C(=O)N(C)C(C)C. The Labute approximate surface area is 230 Å². The predicted octanol–water partition coefficient (Wildman–Crippen LogP) is 6.76. The van der Waals surface area contributed by atoms with E-state index in [1.165, 1.54) is 17.7 Å². The van der Waals surface area contributed by atoms with Crippen molar-refractivity contribution in [3.63, 3.8) is 0 Å². The van der Waals surface area contributed by atoms with Crippen molar-refractivity contribution in [3.8, 4) is 5.69 Å². The maximum atomic E-state index is 14.4. The van der Waals surface area contributed by atoms with Crippen molar-refractivity contribution < 1.29 is 18.7 Å². The second kappa shape index (κ2) is 11.2. The molecule has 0 unspecified atom stereocenters. The molecule has 4 rings (SSSR count). The van der Waals surface area contributed by atoms with E-state index in [0.29, 0.717) is 24.3 Å². The lowest BCUT2D eigenvalue weighted by molar-refractivity contribution is 0.0258. The Morgan fingerprint density at radius 1 is 1.15 bits per heavy atom. The molecule has 0 spiro atoms. The molecular formula is C31H39FN4O3. The van der Waals surface area contributed by atoms with Crippen LogP contribution in [0.4, 0.5) is 9.18 Å². The number of aromatic nitrogens is 2. The zero-order chi connectivity index (χ0) is 28.5. The van der Waals surface area contributed by atoms with Crippen LogP contribution in [-0.4, -0.2) is 63.1 Å². The average molecular weight is 535 g/mol. The van der Waals surface area contributed by atoms with E-state index in [4.69, 9.17) is 4.74 Å². The maximum absolute atomic E-state index is 14.4. The standard InChI is InChI=1S/C31H39FN4O3/c1-20(2)34(7)29(37)25-16-24(32)10-11-26(25)36-19-23(28-21(3)17-33-18-27(28)36)15-22-9-8-13-35(14-12-22)30(38)39-31(4,5)6/h10-11,15-20H,8-9,12-14H2,1-7H3/b22-15+. The van der Waals surface area contributed by atoms with Crippen LogP contribution >= 0.6 is 0 Å². The number of hydrogen-bond donors (Lipinski definition) is 0. The van der Waals surface area contributed by atoms with Crippen LogP contribution in [0.3, 0.4) is 0 Å². The van der Waals surface area contributed by atoms with Crippen molar-refractivity contribution in [2.75, 3.05) is 20.1 Å². The molecular weight excluding hydrogens is 495 g/mol. The Kier molecular flexibility index (Phi) is 8.14. The Morgan fingerprint density at radius 3 is 2.59 bits per heavy atom. The van der Waals surface area contributed by atoms with Crippen LogP contribution in [0.1, 0.15) is 75.4 Å². The van der Waals surface area contributed by atoms with Crippen molar-refractivity contribution >= 4 is 29.0 Å². The summed E-state index contributed by atoms with van der Waals surface area (Å²) in [4.78, 5) is 33.8. The van der Waals surface area contributed by atoms with Gasteiger partial charge in [0.05, 0.1) is 23.0 Å². The van der Waals surface area contributed by atoms with Gasteiger partial charge in [0, 0.05) is 49.5 Å². The van der Waals surface area contributed by atoms with Gasteiger partial charge in [-0.3, -0.25) is 9.78 Å². The molecule has 1 aromatic carbocycles. The lowest BCUT2D eigenvalue weighted by atomic mass is 10.0. The number of carbonyl (C=O) groups excluding carboxylic acids is 2. The van der Waals surface area contributed by atoms with E-state index in [1.807, 2.05) is 58.5 Å². The van der Waals surface area contributed by atoms with Crippen LogP contribution in [0.15, 0.2) is 42.4 Å². The molecule has 7 nitrogen and oxygen atoms in total. The summed E-state index contributed by atoms with van der Waals surface area (Å²) in [6.07, 6.45) is 9.99. The zero-order valence-electron chi connectivity index (χ0n) is 24.0. The first-order chi connectivity index (χ1) is 18.4. The first-order valence-corrected chi connectivity index (χ1v) is 13.6. The van der Waals surface area contributed by atoms with Gasteiger partial charge in [-0.25, -0.2) is 9.18 Å². The van der Waals surface area contributed by atoms with Crippen LogP contribution in [0.25, 0.3) is 22.7 Å². The maximum Gasteiger partial charge on any atom is 0.410 e. The van der Waals surface area contributed by atoms with Crippen LogP contribution in [0, 0.1) is 12.7 Å². The van der Waals surface area contributed by atoms with Crippen molar-refractivity contribution in [2.24, 2.45) is 0 Å². The Hall–Kier alpha value is -3.68. The minimum atomic E-state index is -0.528. The Morgan fingerprint density at radius 2 is 1.90 bits per heavy atom. The topological polar surface area (TPSA) is 67.7 Å². The van der Waals surface area contributed by atoms with Gasteiger partial charge in [0.15, 0.2) is 0 Å². The molecule has 8 heteroatoms. The minimum absolute atomic E-state index is 0.0327. The molecule has 2 amide bonds. The fourth-order valence-corrected chi connectivity index (χ4v) is 4.89. The van der Waals surface area contributed by atoms with Gasteiger partial charge < -0.3 is 19.1 Å². The number of rotatable bonds is 4. The highest BCUT2D eigenvalue weighted by atomic mass is 19.1. The fourth-order valence-electron chi connectivity index (χ4n) is 4.89. The first-order valence-electron chi connectivity index (χ1n) is 13.6. The normalized spacial score (nSPS) is 15.6. The van der Waals surface area contributed by atoms with Crippen LogP contribution < -0.4 is 0 Å². The first kappa shape index (κ1) is 28.3. The second-order valence-electron chi connectivity index (χ2n) is 11.6. The van der Waals surface area contributed by atoms with Crippen molar-refractivity contribution in [1.82, 2.24) is 19.4 Å². The van der Waals surface area contributed by atoms with Crippen LogP contribution in [-0.2, 0) is 4.74 Å². The molecule has 0 bridgehead atoms. The van der Waals surface area contributed by atoms with E-state index in [9.17, 15) is 14.0 Å². The molecule has 208 valence electrons. The zero-order valence-corrected chi connectivity index (χ0v) is 24.0. The third kappa shape index (κ3) is 6.32. The summed E-state index contributed by atoms with van der Waals surface area (Å²) in [6.45, 7) is 12.8. The molecule has 3 heterocycles. The molecule has 1 aliphatic rings. The van der Waals surface area contributed by atoms with Gasteiger partial charge in [0.25, 0.3) is 5.91 Å². The molecule has 1 saturated heterocycles. The number of halogens is 1. The number of pyridine rings is 1. The molecule has 1 aliphatic heterocycles. The van der Waals surface area contributed by atoms with Gasteiger partial charge in [-0.1, -0.05) is 11.6 Å². The summed E-state index contributed by atoms with van der Waals surface area (Å²) >= 11 is 0. The molecule has 39 heavy (non-hydrogen) atoms. The van der Waals surface area contributed by atoms with E-state index in [-0.39, 0.29) is 18.0 Å². The summed E-state index contributed by atoms with van der Waals surface area (Å²) < 4.78 is 21.9. The summed E-state index contributed by atoms with van der Waals surface area (Å²) in [7, 11) is 1.73. The van der Waals surface area contributed by atoms with Crippen LogP contribution in [0.2, 0.25) is 0 Å². The van der Waals surface area contributed by atoms with Gasteiger partial charge in [-0.2, -0.15) is 0 Å². The minimum Gasteiger partial charge on any atom is -0.444 e. The summed E-state index contributed by atoms with van der Waals surface area (Å²) in [5.74, 6) is -0.701. The van der Waals surface area contributed by atoms with E-state index < -0.39 is 11.4 Å². The summed E-state index contributed by atoms with van der Waals surface area (Å²) in [5, 5.41) is 1.03. The predicted molar refractivity (Wildman–Crippen MR) is 153 cm³/mol. The third-order valence-electron chi connectivity index (χ3n) is 7.12.